The van der Waals surface area contributed by atoms with Gasteiger partial charge >= 0.3 is 6.18 Å². The van der Waals surface area contributed by atoms with Gasteiger partial charge in [0.2, 0.25) is 0 Å². The molecule has 1 atom stereocenters. The highest BCUT2D eigenvalue weighted by atomic mass is 19.4. The van der Waals surface area contributed by atoms with Crippen molar-refractivity contribution in [1.82, 2.24) is 5.32 Å². The largest absolute Gasteiger partial charge is 0.497 e. The molecule has 0 spiro atoms. The molecule has 0 bridgehead atoms. The Balaban J connectivity index is 2.49. The summed E-state index contributed by atoms with van der Waals surface area (Å²) in [5.41, 5.74) is 0. The van der Waals surface area contributed by atoms with E-state index in [0.717, 1.165) is 0 Å². The summed E-state index contributed by atoms with van der Waals surface area (Å²) in [5, 5.41) is 1.75. The fourth-order valence-corrected chi connectivity index (χ4v) is 1.24. The minimum absolute atomic E-state index is 0.371. The van der Waals surface area contributed by atoms with Gasteiger partial charge in [-0.3, -0.25) is 4.79 Å². The molecule has 1 aromatic carbocycles. The smallest absolute Gasteiger partial charge is 0.405 e. The van der Waals surface area contributed by atoms with E-state index in [-0.39, 0.29) is 0 Å². The van der Waals surface area contributed by atoms with Gasteiger partial charge in [-0.05, 0) is 31.2 Å². The van der Waals surface area contributed by atoms with Crippen molar-refractivity contribution in [2.75, 3.05) is 13.7 Å². The molecule has 0 unspecified atom stereocenters. The highest BCUT2D eigenvalue weighted by molar-refractivity contribution is 5.80. The number of carbonyl (C=O) groups excluding carboxylic acids is 1. The van der Waals surface area contributed by atoms with Crippen LogP contribution < -0.4 is 14.8 Å². The zero-order valence-electron chi connectivity index (χ0n) is 10.5. The van der Waals surface area contributed by atoms with Crippen molar-refractivity contribution in [1.29, 1.82) is 0 Å². The minimum atomic E-state index is -4.44. The molecule has 0 aromatic heterocycles. The van der Waals surface area contributed by atoms with Crippen molar-refractivity contribution >= 4 is 5.91 Å². The predicted molar refractivity (Wildman–Crippen MR) is 62.1 cm³/mol. The quantitative estimate of drug-likeness (QED) is 0.897. The van der Waals surface area contributed by atoms with Gasteiger partial charge in [0.15, 0.2) is 6.10 Å². The third kappa shape index (κ3) is 5.50. The van der Waals surface area contributed by atoms with Crippen LogP contribution in [0, 0.1) is 0 Å². The summed E-state index contributed by atoms with van der Waals surface area (Å²) in [6.45, 7) is -0.00190. The van der Waals surface area contributed by atoms with Crippen LogP contribution in [-0.4, -0.2) is 31.8 Å². The van der Waals surface area contributed by atoms with Crippen molar-refractivity contribution in [3.05, 3.63) is 24.3 Å². The third-order valence-electron chi connectivity index (χ3n) is 2.20. The summed E-state index contributed by atoms with van der Waals surface area (Å²) in [5.74, 6) is 0.158. The van der Waals surface area contributed by atoms with E-state index in [1.807, 2.05) is 0 Å². The lowest BCUT2D eigenvalue weighted by Gasteiger charge is -2.15. The van der Waals surface area contributed by atoms with E-state index >= 15 is 0 Å². The first-order valence-corrected chi connectivity index (χ1v) is 5.47. The lowest BCUT2D eigenvalue weighted by atomic mass is 10.3. The molecule has 1 amide bonds. The monoisotopic (exact) mass is 277 g/mol. The van der Waals surface area contributed by atoms with E-state index in [4.69, 9.17) is 9.47 Å². The topological polar surface area (TPSA) is 47.6 Å². The molecule has 19 heavy (non-hydrogen) atoms. The molecular formula is C12H14F3NO3. The number of hydrogen-bond acceptors (Lipinski definition) is 3. The van der Waals surface area contributed by atoms with Crippen LogP contribution in [0.3, 0.4) is 0 Å². The zero-order chi connectivity index (χ0) is 14.5. The lowest BCUT2D eigenvalue weighted by Crippen LogP contribution is -2.41. The second-order valence-electron chi connectivity index (χ2n) is 3.77. The van der Waals surface area contributed by atoms with Crippen LogP contribution in [0.4, 0.5) is 13.2 Å². The molecule has 7 heteroatoms. The average Bonchev–Trinajstić information content (AvgIpc) is 2.36. The fourth-order valence-electron chi connectivity index (χ4n) is 1.24. The van der Waals surface area contributed by atoms with Gasteiger partial charge in [0.1, 0.15) is 18.0 Å². The molecule has 0 radical (unpaired) electrons. The van der Waals surface area contributed by atoms with Gasteiger partial charge in [0, 0.05) is 0 Å². The number of methoxy groups -OCH3 is 1. The van der Waals surface area contributed by atoms with Crippen molar-refractivity contribution in [2.24, 2.45) is 0 Å². The Kier molecular flexibility index (Phi) is 5.02. The van der Waals surface area contributed by atoms with Gasteiger partial charge in [0.05, 0.1) is 7.11 Å². The van der Waals surface area contributed by atoms with Crippen molar-refractivity contribution in [2.45, 2.75) is 19.2 Å². The van der Waals surface area contributed by atoms with E-state index in [1.54, 1.807) is 29.6 Å². The first-order chi connectivity index (χ1) is 8.81. The van der Waals surface area contributed by atoms with E-state index in [1.165, 1.54) is 14.0 Å². The van der Waals surface area contributed by atoms with Crippen LogP contribution in [0.5, 0.6) is 11.5 Å². The van der Waals surface area contributed by atoms with Crippen LogP contribution in [0.25, 0.3) is 0 Å². The molecule has 0 aliphatic rings. The highest BCUT2D eigenvalue weighted by Crippen LogP contribution is 2.18. The zero-order valence-corrected chi connectivity index (χ0v) is 10.5. The summed E-state index contributed by atoms with van der Waals surface area (Å²) in [7, 11) is 1.50. The van der Waals surface area contributed by atoms with Crippen LogP contribution in [0.1, 0.15) is 6.92 Å². The number of benzene rings is 1. The van der Waals surface area contributed by atoms with Crippen LogP contribution in [-0.2, 0) is 4.79 Å². The maximum atomic E-state index is 11.9. The molecule has 0 aliphatic carbocycles. The molecule has 1 N–H and O–H groups in total. The average molecular weight is 277 g/mol. The first-order valence-electron chi connectivity index (χ1n) is 5.47. The summed E-state index contributed by atoms with van der Waals surface area (Å²) in [4.78, 5) is 11.4. The number of halogens is 3. The van der Waals surface area contributed by atoms with Crippen molar-refractivity contribution in [3.63, 3.8) is 0 Å². The second kappa shape index (κ2) is 6.31. The predicted octanol–water partition coefficient (Wildman–Crippen LogP) is 2.14. The van der Waals surface area contributed by atoms with Gasteiger partial charge in [-0.25, -0.2) is 0 Å². The number of hydrogen-bond donors (Lipinski definition) is 1. The summed E-state index contributed by atoms with van der Waals surface area (Å²) in [6.07, 6.45) is -5.45. The van der Waals surface area contributed by atoms with Crippen LogP contribution in [0.2, 0.25) is 0 Å². The first kappa shape index (κ1) is 15.1. The minimum Gasteiger partial charge on any atom is -0.497 e. The fraction of sp³-hybridized carbons (Fsp3) is 0.417. The maximum Gasteiger partial charge on any atom is 0.405 e. The second-order valence-corrected chi connectivity index (χ2v) is 3.77. The molecule has 0 saturated heterocycles. The molecule has 1 rings (SSSR count). The number of amides is 1. The number of alkyl halides is 3. The van der Waals surface area contributed by atoms with Gasteiger partial charge in [-0.1, -0.05) is 0 Å². The highest BCUT2D eigenvalue weighted by Gasteiger charge is 2.29. The normalized spacial score (nSPS) is 12.7. The van der Waals surface area contributed by atoms with Crippen LogP contribution in [0.15, 0.2) is 24.3 Å². The molecular weight excluding hydrogens is 263 g/mol. The Morgan fingerprint density at radius 2 is 1.79 bits per heavy atom. The van der Waals surface area contributed by atoms with Crippen molar-refractivity contribution in [3.8, 4) is 11.5 Å². The summed E-state index contributed by atoms with van der Waals surface area (Å²) < 4.78 is 45.9. The number of carbonyl (C=O) groups is 1. The van der Waals surface area contributed by atoms with E-state index in [2.05, 4.69) is 0 Å². The van der Waals surface area contributed by atoms with Gasteiger partial charge in [-0.2, -0.15) is 13.2 Å². The lowest BCUT2D eigenvalue weighted by molar-refractivity contribution is -0.142. The molecule has 4 nitrogen and oxygen atoms in total. The Bertz CT molecular complexity index is 417. The Labute approximate surface area is 108 Å². The molecule has 0 saturated carbocycles. The summed E-state index contributed by atoms with van der Waals surface area (Å²) in [6, 6.07) is 6.37. The number of nitrogens with one attached hydrogen (secondary N) is 1. The SMILES string of the molecule is COc1ccc(O[C@@H](C)C(=O)NCC(F)(F)F)cc1. The van der Waals surface area contributed by atoms with Crippen LogP contribution >= 0.6 is 0 Å². The molecule has 1 aromatic rings. The van der Waals surface area contributed by atoms with Gasteiger partial charge in [0.25, 0.3) is 5.91 Å². The molecule has 0 fully saturated rings. The Morgan fingerprint density at radius 1 is 1.26 bits per heavy atom. The van der Waals surface area contributed by atoms with Gasteiger partial charge < -0.3 is 14.8 Å². The molecule has 0 aliphatic heterocycles. The molecule has 0 heterocycles. The molecule has 106 valence electrons. The Hall–Kier alpha value is -1.92. The Morgan fingerprint density at radius 3 is 2.26 bits per heavy atom. The van der Waals surface area contributed by atoms with Gasteiger partial charge in [-0.15, -0.1) is 0 Å². The van der Waals surface area contributed by atoms with E-state index in [0.29, 0.717) is 11.5 Å². The number of rotatable bonds is 5. The number of ether oxygens (including phenoxy) is 2. The van der Waals surface area contributed by atoms with E-state index in [9.17, 15) is 18.0 Å². The summed E-state index contributed by atoms with van der Waals surface area (Å²) >= 11 is 0. The van der Waals surface area contributed by atoms with Crippen molar-refractivity contribution < 1.29 is 27.4 Å². The third-order valence-corrected chi connectivity index (χ3v) is 2.20. The van der Waals surface area contributed by atoms with E-state index < -0.39 is 24.7 Å². The maximum absolute atomic E-state index is 11.9. The standard InChI is InChI=1S/C12H14F3NO3/c1-8(11(17)16-7-12(13,14)15)19-10-5-3-9(18-2)4-6-10/h3-6,8H,7H2,1-2H3,(H,16,17)/t8-/m0/s1.